The Balaban J connectivity index is 3.12. The van der Waals surface area contributed by atoms with Gasteiger partial charge in [0.2, 0.25) is 0 Å². The first-order chi connectivity index (χ1) is 9.54. The average Bonchev–Trinajstić information content (AvgIpc) is 2.40. The summed E-state index contributed by atoms with van der Waals surface area (Å²) in [5.41, 5.74) is -0.222. The summed E-state index contributed by atoms with van der Waals surface area (Å²) >= 11 is 4.98. The van der Waals surface area contributed by atoms with E-state index < -0.39 is 5.82 Å². The molecule has 0 aliphatic heterocycles. The number of hydrogen-bond donors (Lipinski definition) is 2. The molecular weight excluding hydrogens is 277 g/mol. The van der Waals surface area contributed by atoms with E-state index in [0.717, 1.165) is 6.07 Å². The third-order valence-corrected chi connectivity index (χ3v) is 2.64. The lowest BCUT2D eigenvalue weighted by atomic mass is 10.1. The van der Waals surface area contributed by atoms with Crippen molar-refractivity contribution >= 4 is 22.9 Å². The third kappa shape index (κ3) is 3.41. The molecule has 0 saturated carbocycles. The standard InChI is InChI=1S/C14H10FN3OS/c1-2-4-13(19)10(8-17)14(20)18-12-6-3-5-11(15)9(12)7-16/h2-3,5-6,19H,1,4H2,(H,18,20). The molecule has 100 valence electrons. The molecule has 0 aliphatic rings. The number of hydrogen-bond acceptors (Lipinski definition) is 4. The first-order valence-electron chi connectivity index (χ1n) is 5.48. The van der Waals surface area contributed by atoms with E-state index in [9.17, 15) is 9.50 Å². The Morgan fingerprint density at radius 3 is 2.75 bits per heavy atom. The summed E-state index contributed by atoms with van der Waals surface area (Å²) in [6.07, 6.45) is 1.50. The lowest BCUT2D eigenvalue weighted by Gasteiger charge is -2.10. The van der Waals surface area contributed by atoms with Crippen LogP contribution in [-0.2, 0) is 0 Å². The zero-order valence-electron chi connectivity index (χ0n) is 10.4. The smallest absolute Gasteiger partial charge is 0.143 e. The van der Waals surface area contributed by atoms with Crippen LogP contribution in [-0.4, -0.2) is 10.1 Å². The molecule has 0 radical (unpaired) electrons. The molecule has 4 nitrogen and oxygen atoms in total. The Kier molecular flexibility index (Phi) is 5.40. The average molecular weight is 287 g/mol. The van der Waals surface area contributed by atoms with Crippen LogP contribution < -0.4 is 5.32 Å². The molecule has 0 unspecified atom stereocenters. The van der Waals surface area contributed by atoms with Crippen molar-refractivity contribution in [2.45, 2.75) is 6.42 Å². The van der Waals surface area contributed by atoms with Gasteiger partial charge in [-0.3, -0.25) is 0 Å². The predicted molar refractivity (Wildman–Crippen MR) is 77.4 cm³/mol. The van der Waals surface area contributed by atoms with Gasteiger partial charge in [0.1, 0.15) is 39.8 Å². The summed E-state index contributed by atoms with van der Waals surface area (Å²) in [6, 6.07) is 7.46. The fourth-order valence-electron chi connectivity index (χ4n) is 1.41. The van der Waals surface area contributed by atoms with E-state index in [1.54, 1.807) is 12.1 Å². The molecule has 0 spiro atoms. The highest BCUT2D eigenvalue weighted by atomic mass is 32.1. The van der Waals surface area contributed by atoms with Crippen molar-refractivity contribution in [1.29, 1.82) is 10.5 Å². The SMILES string of the molecule is C=CCC(O)=C(C#N)C(=S)Nc1cccc(F)c1C#N. The maximum absolute atomic E-state index is 13.4. The minimum atomic E-state index is -0.696. The van der Waals surface area contributed by atoms with Crippen LogP contribution >= 0.6 is 12.2 Å². The van der Waals surface area contributed by atoms with Crippen molar-refractivity contribution in [1.82, 2.24) is 0 Å². The van der Waals surface area contributed by atoms with Crippen LogP contribution in [0.2, 0.25) is 0 Å². The number of aliphatic hydroxyl groups is 1. The van der Waals surface area contributed by atoms with Crippen molar-refractivity contribution in [2.24, 2.45) is 0 Å². The van der Waals surface area contributed by atoms with Gasteiger partial charge in [0.15, 0.2) is 0 Å². The first kappa shape index (κ1) is 15.4. The van der Waals surface area contributed by atoms with E-state index in [1.807, 2.05) is 0 Å². The van der Waals surface area contributed by atoms with Gasteiger partial charge in [0, 0.05) is 6.42 Å². The number of rotatable bonds is 4. The van der Waals surface area contributed by atoms with Crippen molar-refractivity contribution < 1.29 is 9.50 Å². The quantitative estimate of drug-likeness (QED) is 0.292. The van der Waals surface area contributed by atoms with Crippen molar-refractivity contribution in [3.63, 3.8) is 0 Å². The van der Waals surface area contributed by atoms with Gasteiger partial charge >= 0.3 is 0 Å². The molecule has 1 rings (SSSR count). The number of anilines is 1. The van der Waals surface area contributed by atoms with Crippen LogP contribution in [0.25, 0.3) is 0 Å². The minimum absolute atomic E-state index is 0.0823. The molecular formula is C14H10FN3OS. The van der Waals surface area contributed by atoms with Gasteiger partial charge in [0.25, 0.3) is 0 Å². The minimum Gasteiger partial charge on any atom is -0.510 e. The van der Waals surface area contributed by atoms with Crippen LogP contribution in [0.4, 0.5) is 10.1 Å². The highest BCUT2D eigenvalue weighted by Gasteiger charge is 2.14. The van der Waals surface area contributed by atoms with Gasteiger partial charge in [-0.2, -0.15) is 10.5 Å². The number of nitrogens with zero attached hydrogens (tertiary/aromatic N) is 2. The summed E-state index contributed by atoms with van der Waals surface area (Å²) in [4.78, 5) is -0.0889. The monoisotopic (exact) mass is 287 g/mol. The van der Waals surface area contributed by atoms with Crippen LogP contribution in [0.3, 0.4) is 0 Å². The zero-order valence-corrected chi connectivity index (χ0v) is 11.2. The van der Waals surface area contributed by atoms with Gasteiger partial charge in [-0.15, -0.1) is 6.58 Å². The van der Waals surface area contributed by atoms with E-state index in [0.29, 0.717) is 0 Å². The van der Waals surface area contributed by atoms with Crippen LogP contribution in [0.1, 0.15) is 12.0 Å². The molecule has 0 heterocycles. The Labute approximate surface area is 121 Å². The number of benzene rings is 1. The Morgan fingerprint density at radius 2 is 2.20 bits per heavy atom. The van der Waals surface area contributed by atoms with Crippen LogP contribution in [0.5, 0.6) is 0 Å². The lowest BCUT2D eigenvalue weighted by Crippen LogP contribution is -2.14. The van der Waals surface area contributed by atoms with Crippen molar-refractivity contribution in [2.75, 3.05) is 5.32 Å². The second kappa shape index (κ2) is 7.03. The second-order valence-corrected chi connectivity index (χ2v) is 4.06. The maximum atomic E-state index is 13.4. The van der Waals surface area contributed by atoms with E-state index >= 15 is 0 Å². The summed E-state index contributed by atoms with van der Waals surface area (Å²) in [5, 5.41) is 30.1. The summed E-state index contributed by atoms with van der Waals surface area (Å²) < 4.78 is 13.4. The zero-order chi connectivity index (χ0) is 15.1. The number of allylic oxidation sites excluding steroid dienone is 1. The largest absolute Gasteiger partial charge is 0.510 e. The molecule has 0 amide bonds. The molecule has 0 bridgehead atoms. The molecule has 0 saturated heterocycles. The molecule has 0 aromatic heterocycles. The van der Waals surface area contributed by atoms with Crippen molar-refractivity contribution in [3.05, 3.63) is 53.6 Å². The molecule has 2 N–H and O–H groups in total. The molecule has 0 atom stereocenters. The first-order valence-corrected chi connectivity index (χ1v) is 5.89. The fourth-order valence-corrected chi connectivity index (χ4v) is 1.69. The van der Waals surface area contributed by atoms with E-state index in [1.165, 1.54) is 18.2 Å². The second-order valence-electron chi connectivity index (χ2n) is 3.65. The summed E-state index contributed by atoms with van der Waals surface area (Å²) in [6.45, 7) is 3.44. The fraction of sp³-hybridized carbons (Fsp3) is 0.0714. The lowest BCUT2D eigenvalue weighted by molar-refractivity contribution is 0.399. The highest BCUT2D eigenvalue weighted by Crippen LogP contribution is 2.19. The van der Waals surface area contributed by atoms with Crippen LogP contribution in [0.15, 0.2) is 42.2 Å². The van der Waals surface area contributed by atoms with Gasteiger partial charge < -0.3 is 10.4 Å². The van der Waals surface area contributed by atoms with Crippen molar-refractivity contribution in [3.8, 4) is 12.1 Å². The Bertz CT molecular complexity index is 668. The number of nitriles is 2. The normalized spacial score (nSPS) is 10.8. The van der Waals surface area contributed by atoms with E-state index in [4.69, 9.17) is 22.7 Å². The number of thiocarbonyl (C=S) groups is 1. The topological polar surface area (TPSA) is 79.8 Å². The molecule has 0 fully saturated rings. The van der Waals surface area contributed by atoms with Gasteiger partial charge in [0.05, 0.1) is 5.69 Å². The number of nitrogens with one attached hydrogen (secondary N) is 1. The Morgan fingerprint density at radius 1 is 1.50 bits per heavy atom. The van der Waals surface area contributed by atoms with Gasteiger partial charge in [-0.25, -0.2) is 4.39 Å². The molecule has 6 heteroatoms. The number of halogens is 1. The molecule has 1 aromatic carbocycles. The van der Waals surface area contributed by atoms with Crippen LogP contribution in [0, 0.1) is 28.5 Å². The molecule has 20 heavy (non-hydrogen) atoms. The highest BCUT2D eigenvalue weighted by molar-refractivity contribution is 7.81. The van der Waals surface area contributed by atoms with E-state index in [2.05, 4.69) is 11.9 Å². The molecule has 1 aromatic rings. The summed E-state index contributed by atoms with van der Waals surface area (Å²) in [7, 11) is 0. The third-order valence-electron chi connectivity index (χ3n) is 2.34. The van der Waals surface area contributed by atoms with E-state index in [-0.39, 0.29) is 34.0 Å². The van der Waals surface area contributed by atoms with Gasteiger partial charge in [-0.1, -0.05) is 24.4 Å². The number of aliphatic hydroxyl groups excluding tert-OH is 1. The van der Waals surface area contributed by atoms with Gasteiger partial charge in [-0.05, 0) is 12.1 Å². The Hall–Kier alpha value is -2.70. The summed E-state index contributed by atoms with van der Waals surface area (Å²) in [5.74, 6) is -0.937. The predicted octanol–water partition coefficient (Wildman–Crippen LogP) is 3.35. The maximum Gasteiger partial charge on any atom is 0.143 e. The molecule has 0 aliphatic carbocycles.